The molecule has 0 aromatic heterocycles. The summed E-state index contributed by atoms with van der Waals surface area (Å²) in [7, 11) is 0. The minimum absolute atomic E-state index is 0.0207. The van der Waals surface area contributed by atoms with E-state index in [2.05, 4.69) is 11.4 Å². The van der Waals surface area contributed by atoms with Crippen molar-refractivity contribution in [1.29, 1.82) is 0 Å². The molecule has 0 radical (unpaired) electrons. The van der Waals surface area contributed by atoms with Crippen molar-refractivity contribution in [2.45, 2.75) is 13.0 Å². The van der Waals surface area contributed by atoms with Gasteiger partial charge in [-0.25, -0.2) is 4.79 Å². The predicted octanol–water partition coefficient (Wildman–Crippen LogP) is 1.78. The second-order valence-electron chi connectivity index (χ2n) is 3.21. The lowest BCUT2D eigenvalue weighted by molar-refractivity contribution is 0.177. The molecule has 3 nitrogen and oxygen atoms in total. The lowest BCUT2D eigenvalue weighted by Crippen LogP contribution is -2.18. The van der Waals surface area contributed by atoms with E-state index >= 15 is 0 Å². The fourth-order valence-electron chi connectivity index (χ4n) is 1.45. The molecule has 1 aromatic carbocycles. The molecule has 0 spiro atoms. The Kier molecular flexibility index (Phi) is 1.93. The van der Waals surface area contributed by atoms with Gasteiger partial charge in [0, 0.05) is 0 Å². The Morgan fingerprint density at radius 2 is 2.38 bits per heavy atom. The van der Waals surface area contributed by atoms with Gasteiger partial charge < -0.3 is 10.1 Å². The van der Waals surface area contributed by atoms with E-state index in [4.69, 9.17) is 4.74 Å². The van der Waals surface area contributed by atoms with Gasteiger partial charge in [-0.15, -0.1) is 0 Å². The van der Waals surface area contributed by atoms with Gasteiger partial charge in [-0.3, -0.25) is 0 Å². The molecule has 1 N–H and O–H groups in total. The van der Waals surface area contributed by atoms with E-state index in [0.29, 0.717) is 6.61 Å². The van der Waals surface area contributed by atoms with Crippen LogP contribution in [0.3, 0.4) is 0 Å². The van der Waals surface area contributed by atoms with E-state index in [1.54, 1.807) is 0 Å². The van der Waals surface area contributed by atoms with Crippen LogP contribution in [0.25, 0.3) is 0 Å². The zero-order valence-corrected chi connectivity index (χ0v) is 7.41. The standard InChI is InChI=1S/C10H11NO2/c1-7-3-2-4-8(5-7)9-6-13-10(12)11-9/h2-5,9H,6H2,1H3,(H,11,12)/t9-/m1/s1. The topological polar surface area (TPSA) is 38.3 Å². The van der Waals surface area contributed by atoms with Crippen molar-refractivity contribution >= 4 is 6.09 Å². The third-order valence-electron chi connectivity index (χ3n) is 2.12. The first-order valence-corrected chi connectivity index (χ1v) is 4.25. The highest BCUT2D eigenvalue weighted by Gasteiger charge is 2.23. The zero-order valence-electron chi connectivity index (χ0n) is 7.41. The molecule has 3 heteroatoms. The molecule has 1 aromatic rings. The molecule has 13 heavy (non-hydrogen) atoms. The van der Waals surface area contributed by atoms with E-state index in [-0.39, 0.29) is 12.1 Å². The zero-order chi connectivity index (χ0) is 9.26. The van der Waals surface area contributed by atoms with Crippen LogP contribution in [0.5, 0.6) is 0 Å². The number of cyclic esters (lactones) is 1. The summed E-state index contributed by atoms with van der Waals surface area (Å²) < 4.78 is 4.81. The number of hydrogen-bond donors (Lipinski definition) is 1. The van der Waals surface area contributed by atoms with E-state index in [1.807, 2.05) is 25.1 Å². The van der Waals surface area contributed by atoms with Crippen molar-refractivity contribution in [2.75, 3.05) is 6.61 Å². The molecule has 1 aliphatic rings. The van der Waals surface area contributed by atoms with Crippen molar-refractivity contribution in [3.05, 3.63) is 35.4 Å². The maximum absolute atomic E-state index is 10.8. The van der Waals surface area contributed by atoms with Crippen LogP contribution in [-0.2, 0) is 4.74 Å². The minimum Gasteiger partial charge on any atom is -0.447 e. The van der Waals surface area contributed by atoms with E-state index in [0.717, 1.165) is 5.56 Å². The first-order valence-electron chi connectivity index (χ1n) is 4.25. The molecule has 1 atom stereocenters. The Hall–Kier alpha value is -1.51. The third kappa shape index (κ3) is 1.64. The largest absolute Gasteiger partial charge is 0.447 e. The molecule has 2 rings (SSSR count). The Labute approximate surface area is 76.7 Å². The molecular weight excluding hydrogens is 166 g/mol. The molecule has 0 bridgehead atoms. The fraction of sp³-hybridized carbons (Fsp3) is 0.300. The van der Waals surface area contributed by atoms with Crippen molar-refractivity contribution in [3.8, 4) is 0 Å². The molecule has 1 aliphatic heterocycles. The summed E-state index contributed by atoms with van der Waals surface area (Å²) >= 11 is 0. The molecular formula is C10H11NO2. The minimum atomic E-state index is -0.327. The monoisotopic (exact) mass is 177 g/mol. The number of aryl methyl sites for hydroxylation is 1. The van der Waals surface area contributed by atoms with Crippen LogP contribution in [0.4, 0.5) is 4.79 Å². The molecule has 0 unspecified atom stereocenters. The molecule has 0 saturated carbocycles. The fourth-order valence-corrected chi connectivity index (χ4v) is 1.45. The number of carbonyl (C=O) groups excluding carboxylic acids is 1. The van der Waals surface area contributed by atoms with Crippen LogP contribution in [-0.4, -0.2) is 12.7 Å². The number of nitrogens with one attached hydrogen (secondary N) is 1. The summed E-state index contributed by atoms with van der Waals surface area (Å²) in [5, 5.41) is 2.74. The summed E-state index contributed by atoms with van der Waals surface area (Å²) in [5.74, 6) is 0. The van der Waals surface area contributed by atoms with Crippen LogP contribution in [0.2, 0.25) is 0 Å². The Bertz CT molecular complexity index is 335. The van der Waals surface area contributed by atoms with E-state index in [1.165, 1.54) is 5.56 Å². The van der Waals surface area contributed by atoms with E-state index < -0.39 is 0 Å². The van der Waals surface area contributed by atoms with Gasteiger partial charge in [-0.05, 0) is 12.5 Å². The SMILES string of the molecule is Cc1cccc([C@H]2COC(=O)N2)c1. The molecule has 1 fully saturated rings. The second kappa shape index (κ2) is 3.09. The molecule has 1 saturated heterocycles. The summed E-state index contributed by atoms with van der Waals surface area (Å²) in [6.07, 6.45) is -0.327. The first-order chi connectivity index (χ1) is 6.25. The van der Waals surface area contributed by atoms with Crippen molar-refractivity contribution < 1.29 is 9.53 Å². The van der Waals surface area contributed by atoms with Crippen molar-refractivity contribution in [2.24, 2.45) is 0 Å². The molecule has 68 valence electrons. The van der Waals surface area contributed by atoms with Crippen molar-refractivity contribution in [1.82, 2.24) is 5.32 Å². The second-order valence-corrected chi connectivity index (χ2v) is 3.21. The Morgan fingerprint density at radius 3 is 3.00 bits per heavy atom. The predicted molar refractivity (Wildman–Crippen MR) is 48.4 cm³/mol. The van der Waals surface area contributed by atoms with Crippen LogP contribution in [0.1, 0.15) is 17.2 Å². The maximum Gasteiger partial charge on any atom is 0.407 e. The Morgan fingerprint density at radius 1 is 1.54 bits per heavy atom. The van der Waals surface area contributed by atoms with Crippen LogP contribution < -0.4 is 5.32 Å². The first kappa shape index (κ1) is 8.10. The van der Waals surface area contributed by atoms with Crippen LogP contribution >= 0.6 is 0 Å². The van der Waals surface area contributed by atoms with Gasteiger partial charge in [0.2, 0.25) is 0 Å². The number of alkyl carbamates (subject to hydrolysis) is 1. The van der Waals surface area contributed by atoms with Crippen LogP contribution in [0, 0.1) is 6.92 Å². The lowest BCUT2D eigenvalue weighted by atomic mass is 10.1. The molecule has 1 heterocycles. The van der Waals surface area contributed by atoms with Gasteiger partial charge >= 0.3 is 6.09 Å². The normalized spacial score (nSPS) is 21.0. The number of amides is 1. The lowest BCUT2D eigenvalue weighted by Gasteiger charge is -2.07. The summed E-state index contributed by atoms with van der Waals surface area (Å²) in [5.41, 5.74) is 2.30. The van der Waals surface area contributed by atoms with Crippen molar-refractivity contribution in [3.63, 3.8) is 0 Å². The van der Waals surface area contributed by atoms with E-state index in [9.17, 15) is 4.79 Å². The highest BCUT2D eigenvalue weighted by molar-refractivity contribution is 5.70. The van der Waals surface area contributed by atoms with Crippen LogP contribution in [0.15, 0.2) is 24.3 Å². The maximum atomic E-state index is 10.8. The number of carbonyl (C=O) groups is 1. The highest BCUT2D eigenvalue weighted by Crippen LogP contribution is 2.18. The number of rotatable bonds is 1. The average molecular weight is 177 g/mol. The highest BCUT2D eigenvalue weighted by atomic mass is 16.6. The van der Waals surface area contributed by atoms with Gasteiger partial charge in [0.25, 0.3) is 0 Å². The number of hydrogen-bond acceptors (Lipinski definition) is 2. The molecule has 0 aliphatic carbocycles. The third-order valence-corrected chi connectivity index (χ3v) is 2.12. The summed E-state index contributed by atoms with van der Waals surface area (Å²) in [6.45, 7) is 2.46. The van der Waals surface area contributed by atoms with Gasteiger partial charge in [-0.2, -0.15) is 0 Å². The Balaban J connectivity index is 2.21. The van der Waals surface area contributed by atoms with Gasteiger partial charge in [0.15, 0.2) is 0 Å². The summed E-state index contributed by atoms with van der Waals surface area (Å²) in [6, 6.07) is 8.08. The molecule has 1 amide bonds. The summed E-state index contributed by atoms with van der Waals surface area (Å²) in [4.78, 5) is 10.8. The average Bonchev–Trinajstić information content (AvgIpc) is 2.52. The van der Waals surface area contributed by atoms with Gasteiger partial charge in [-0.1, -0.05) is 29.8 Å². The number of ether oxygens (including phenoxy) is 1. The number of benzene rings is 1. The quantitative estimate of drug-likeness (QED) is 0.710. The smallest absolute Gasteiger partial charge is 0.407 e. The van der Waals surface area contributed by atoms with Gasteiger partial charge in [0.05, 0.1) is 6.04 Å². The van der Waals surface area contributed by atoms with Gasteiger partial charge in [0.1, 0.15) is 6.61 Å².